The van der Waals surface area contributed by atoms with Crippen molar-refractivity contribution in [3.8, 4) is 0 Å². The molecule has 0 atom stereocenters. The molecule has 0 unspecified atom stereocenters. The molecule has 0 bridgehead atoms. The third kappa shape index (κ3) is 2.71. The second-order valence-corrected chi connectivity index (χ2v) is 3.82. The van der Waals surface area contributed by atoms with Crippen molar-refractivity contribution in [3.05, 3.63) is 42.3 Å². The van der Waals surface area contributed by atoms with E-state index in [0.29, 0.717) is 0 Å². The lowest BCUT2D eigenvalue weighted by molar-refractivity contribution is -0.390. The fourth-order valence-electron chi connectivity index (χ4n) is 1.24. The van der Waals surface area contributed by atoms with Gasteiger partial charge in [-0.2, -0.15) is 39.5 Å². The van der Waals surface area contributed by atoms with Crippen LogP contribution in [0.3, 0.4) is 0 Å². The minimum Gasteiger partial charge on any atom is -0.199 e. The Bertz CT molecular complexity index is 447. The predicted molar refractivity (Wildman–Crippen MR) is 50.7 cm³/mol. The summed E-state index contributed by atoms with van der Waals surface area (Å²) in [6.07, 6.45) is -7.43. The van der Waals surface area contributed by atoms with Crippen molar-refractivity contribution in [3.63, 3.8) is 0 Å². The van der Waals surface area contributed by atoms with Crippen molar-refractivity contribution in [2.24, 2.45) is 0 Å². The second-order valence-electron chi connectivity index (χ2n) is 3.82. The number of hydrogen-bond donors (Lipinski definition) is 0. The second kappa shape index (κ2) is 4.85. The van der Waals surface area contributed by atoms with Gasteiger partial charge in [-0.3, -0.25) is 0 Å². The number of benzene rings is 1. The molecule has 0 aromatic heterocycles. The van der Waals surface area contributed by atoms with Gasteiger partial charge in [0, 0.05) is 0 Å². The Morgan fingerprint density at radius 2 is 1.10 bits per heavy atom. The van der Waals surface area contributed by atoms with Crippen molar-refractivity contribution in [1.29, 1.82) is 0 Å². The molecule has 0 fully saturated rings. The summed E-state index contributed by atoms with van der Waals surface area (Å²) < 4.78 is 113. The standard InChI is InChI=1S/C11H6F9/c12-8(13,6-7-4-2-1-3-5-7)9(14,15)10(16,17)11(18,19)20/h1-6H. The Balaban J connectivity index is 3.12. The lowest BCUT2D eigenvalue weighted by Crippen LogP contribution is -2.61. The molecule has 0 saturated carbocycles. The van der Waals surface area contributed by atoms with Crippen LogP contribution in [-0.2, 0) is 0 Å². The zero-order chi connectivity index (χ0) is 15.8. The van der Waals surface area contributed by atoms with Gasteiger partial charge in [-0.15, -0.1) is 0 Å². The highest BCUT2D eigenvalue weighted by molar-refractivity contribution is 5.27. The number of halogens is 9. The molecule has 0 aliphatic rings. The van der Waals surface area contributed by atoms with E-state index in [0.717, 1.165) is 24.3 Å². The highest BCUT2D eigenvalue weighted by atomic mass is 19.4. The molecular formula is C11H6F9. The smallest absolute Gasteiger partial charge is 0.199 e. The first-order chi connectivity index (χ1) is 8.83. The van der Waals surface area contributed by atoms with Gasteiger partial charge in [-0.05, 0) is 5.56 Å². The Morgan fingerprint density at radius 1 is 0.650 bits per heavy atom. The Morgan fingerprint density at radius 3 is 1.50 bits per heavy atom. The van der Waals surface area contributed by atoms with Crippen LogP contribution in [0.5, 0.6) is 0 Å². The maximum absolute atomic E-state index is 13.1. The van der Waals surface area contributed by atoms with Gasteiger partial charge < -0.3 is 0 Å². The lowest BCUT2D eigenvalue weighted by Gasteiger charge is -2.33. The van der Waals surface area contributed by atoms with Crippen LogP contribution in [0.4, 0.5) is 39.5 Å². The molecule has 20 heavy (non-hydrogen) atoms. The van der Waals surface area contributed by atoms with Crippen LogP contribution in [0.1, 0.15) is 5.56 Å². The quantitative estimate of drug-likeness (QED) is 0.707. The first kappa shape index (κ1) is 16.6. The summed E-state index contributed by atoms with van der Waals surface area (Å²) in [5.41, 5.74) is -0.616. The molecule has 0 spiro atoms. The van der Waals surface area contributed by atoms with E-state index in [1.165, 1.54) is 6.07 Å². The fraction of sp³-hybridized carbons (Fsp3) is 0.364. The van der Waals surface area contributed by atoms with Crippen molar-refractivity contribution in [2.45, 2.75) is 23.9 Å². The molecule has 1 aromatic carbocycles. The average Bonchev–Trinajstić information content (AvgIpc) is 2.27. The molecule has 9 heteroatoms. The summed E-state index contributed by atoms with van der Waals surface area (Å²) in [4.78, 5) is 0. The molecule has 1 aromatic rings. The molecule has 0 N–H and O–H groups in total. The van der Waals surface area contributed by atoms with Gasteiger partial charge in [-0.25, -0.2) is 0 Å². The Kier molecular flexibility index (Phi) is 4.04. The van der Waals surface area contributed by atoms with Gasteiger partial charge in [0.15, 0.2) is 0 Å². The Labute approximate surface area is 107 Å². The lowest BCUT2D eigenvalue weighted by atomic mass is 9.97. The summed E-state index contributed by atoms with van der Waals surface area (Å²) in [7, 11) is 0. The molecular weight excluding hydrogens is 303 g/mol. The zero-order valence-electron chi connectivity index (χ0n) is 9.37. The fourth-order valence-corrected chi connectivity index (χ4v) is 1.24. The number of hydrogen-bond acceptors (Lipinski definition) is 0. The summed E-state index contributed by atoms with van der Waals surface area (Å²) >= 11 is 0. The third-order valence-corrected chi connectivity index (χ3v) is 2.32. The zero-order valence-corrected chi connectivity index (χ0v) is 9.37. The minimum absolute atomic E-state index is 0.616. The van der Waals surface area contributed by atoms with Gasteiger partial charge >= 0.3 is 23.9 Å². The third-order valence-electron chi connectivity index (χ3n) is 2.32. The van der Waals surface area contributed by atoms with Crippen LogP contribution >= 0.6 is 0 Å². The van der Waals surface area contributed by atoms with E-state index >= 15 is 0 Å². The Hall–Kier alpha value is -1.41. The molecule has 0 aliphatic carbocycles. The van der Waals surface area contributed by atoms with Gasteiger partial charge in [0.2, 0.25) is 0 Å². The van der Waals surface area contributed by atoms with Crippen LogP contribution in [0.25, 0.3) is 0 Å². The summed E-state index contributed by atoms with van der Waals surface area (Å²) in [6.45, 7) is 0. The van der Waals surface area contributed by atoms with Gasteiger partial charge in [0.05, 0.1) is 6.42 Å². The van der Waals surface area contributed by atoms with E-state index in [4.69, 9.17) is 0 Å². The molecule has 0 aliphatic heterocycles. The molecule has 1 radical (unpaired) electrons. The minimum atomic E-state index is -6.87. The highest BCUT2D eigenvalue weighted by Crippen LogP contribution is 2.54. The van der Waals surface area contributed by atoms with E-state index in [1.54, 1.807) is 0 Å². The first-order valence-electron chi connectivity index (χ1n) is 4.94. The van der Waals surface area contributed by atoms with Gasteiger partial charge in [0.25, 0.3) is 0 Å². The largest absolute Gasteiger partial charge is 0.460 e. The van der Waals surface area contributed by atoms with Crippen LogP contribution in [0.15, 0.2) is 30.3 Å². The maximum Gasteiger partial charge on any atom is 0.460 e. The van der Waals surface area contributed by atoms with Crippen LogP contribution in [0.2, 0.25) is 0 Å². The summed E-state index contributed by atoms with van der Waals surface area (Å²) in [6, 6.07) is 5.29. The molecule has 0 saturated heterocycles. The van der Waals surface area contributed by atoms with E-state index < -0.39 is 35.9 Å². The summed E-state index contributed by atoms with van der Waals surface area (Å²) in [5, 5.41) is 0. The SMILES string of the molecule is FC(F)(F)C(F)(F)C(F)(F)C(F)(F)[CH]c1ccccc1. The summed E-state index contributed by atoms with van der Waals surface area (Å²) in [5.74, 6) is -19.2. The highest BCUT2D eigenvalue weighted by Gasteiger charge is 2.81. The van der Waals surface area contributed by atoms with Crippen molar-refractivity contribution in [1.82, 2.24) is 0 Å². The normalized spacial score (nSPS) is 14.4. The molecule has 113 valence electrons. The molecule has 0 amide bonds. The maximum atomic E-state index is 13.1. The predicted octanol–water partition coefficient (Wildman–Crippen LogP) is 4.71. The number of rotatable bonds is 4. The van der Waals surface area contributed by atoms with Crippen LogP contribution in [0, 0.1) is 6.42 Å². The average molecular weight is 309 g/mol. The van der Waals surface area contributed by atoms with Crippen LogP contribution < -0.4 is 0 Å². The van der Waals surface area contributed by atoms with E-state index in [1.807, 2.05) is 0 Å². The van der Waals surface area contributed by atoms with Crippen molar-refractivity contribution >= 4 is 0 Å². The molecule has 1 rings (SSSR count). The van der Waals surface area contributed by atoms with E-state index in [2.05, 4.69) is 0 Å². The van der Waals surface area contributed by atoms with E-state index in [-0.39, 0.29) is 0 Å². The first-order valence-corrected chi connectivity index (χ1v) is 4.94. The van der Waals surface area contributed by atoms with Crippen molar-refractivity contribution < 1.29 is 39.5 Å². The van der Waals surface area contributed by atoms with E-state index in [9.17, 15) is 39.5 Å². The van der Waals surface area contributed by atoms with Crippen LogP contribution in [-0.4, -0.2) is 23.9 Å². The monoisotopic (exact) mass is 309 g/mol. The van der Waals surface area contributed by atoms with Crippen molar-refractivity contribution in [2.75, 3.05) is 0 Å². The topological polar surface area (TPSA) is 0 Å². The van der Waals surface area contributed by atoms with Gasteiger partial charge in [0.1, 0.15) is 0 Å². The van der Waals surface area contributed by atoms with Gasteiger partial charge in [-0.1, -0.05) is 30.3 Å². The number of alkyl halides is 9. The molecule has 0 heterocycles. The molecule has 0 nitrogen and oxygen atoms in total.